The van der Waals surface area contributed by atoms with Crippen LogP contribution in [0.1, 0.15) is 37.7 Å². The lowest BCUT2D eigenvalue weighted by Crippen LogP contribution is -2.28. The van der Waals surface area contributed by atoms with Gasteiger partial charge < -0.3 is 14.8 Å². The van der Waals surface area contributed by atoms with Gasteiger partial charge >= 0.3 is 6.09 Å². The van der Waals surface area contributed by atoms with E-state index in [0.717, 1.165) is 37.7 Å². The Hall–Kier alpha value is -2.04. The van der Waals surface area contributed by atoms with Crippen LogP contribution in [0.25, 0.3) is 0 Å². The maximum atomic E-state index is 11.6. The highest BCUT2D eigenvalue weighted by Gasteiger charge is 2.21. The van der Waals surface area contributed by atoms with Crippen molar-refractivity contribution in [2.24, 2.45) is 5.92 Å². The number of benzene rings is 1. The highest BCUT2D eigenvalue weighted by Crippen LogP contribution is 2.27. The number of ether oxygens (including phenoxy) is 2. The lowest BCUT2D eigenvalue weighted by molar-refractivity contribution is -0.135. The molecule has 0 bridgehead atoms. The van der Waals surface area contributed by atoms with Gasteiger partial charge in [0.2, 0.25) is 0 Å². The topological polar surface area (TPSA) is 64.6 Å². The van der Waals surface area contributed by atoms with Crippen LogP contribution in [-0.2, 0) is 20.9 Å². The summed E-state index contributed by atoms with van der Waals surface area (Å²) in [6.45, 7) is 1.45. The molecule has 1 amide bonds. The number of carbonyl (C=O) groups is 2. The summed E-state index contributed by atoms with van der Waals surface area (Å²) < 4.78 is 10.1. The third kappa shape index (κ3) is 5.76. The summed E-state index contributed by atoms with van der Waals surface area (Å²) in [5.74, 6) is 0.584. The fourth-order valence-corrected chi connectivity index (χ4v) is 2.79. The number of hydrogen-bond donors (Lipinski definition) is 1. The summed E-state index contributed by atoms with van der Waals surface area (Å²) in [7, 11) is 0. The van der Waals surface area contributed by atoms with Crippen LogP contribution in [0.4, 0.5) is 4.79 Å². The number of amides is 1. The van der Waals surface area contributed by atoms with E-state index in [1.165, 1.54) is 0 Å². The maximum Gasteiger partial charge on any atom is 0.407 e. The predicted molar refractivity (Wildman–Crippen MR) is 82.1 cm³/mol. The van der Waals surface area contributed by atoms with Crippen LogP contribution in [0.3, 0.4) is 0 Å². The number of carbonyl (C=O) groups excluding carboxylic acids is 2. The van der Waals surface area contributed by atoms with E-state index in [1.807, 2.05) is 30.3 Å². The molecule has 22 heavy (non-hydrogen) atoms. The summed E-state index contributed by atoms with van der Waals surface area (Å²) in [4.78, 5) is 21.9. The SMILES string of the molecule is O=COC1CCC(CCNC(=O)OCc2ccccc2)CC1. The Labute approximate surface area is 131 Å². The third-order valence-electron chi connectivity index (χ3n) is 4.08. The second-order valence-corrected chi connectivity index (χ2v) is 5.65. The van der Waals surface area contributed by atoms with Crippen LogP contribution >= 0.6 is 0 Å². The first kappa shape index (κ1) is 16.3. The predicted octanol–water partition coefficient (Wildman–Crippen LogP) is 3.03. The molecule has 1 fully saturated rings. The van der Waals surface area contributed by atoms with Crippen molar-refractivity contribution in [1.82, 2.24) is 5.32 Å². The van der Waals surface area contributed by atoms with Crippen LogP contribution < -0.4 is 5.32 Å². The van der Waals surface area contributed by atoms with E-state index >= 15 is 0 Å². The van der Waals surface area contributed by atoms with Crippen LogP contribution in [0.2, 0.25) is 0 Å². The first-order chi connectivity index (χ1) is 10.8. The van der Waals surface area contributed by atoms with Gasteiger partial charge in [0.1, 0.15) is 12.7 Å². The lowest BCUT2D eigenvalue weighted by atomic mass is 9.85. The molecule has 120 valence electrons. The lowest BCUT2D eigenvalue weighted by Gasteiger charge is -2.27. The molecule has 1 aliphatic rings. The number of rotatable bonds is 7. The second kappa shape index (κ2) is 9.07. The standard InChI is InChI=1S/C17H23NO4/c19-13-22-16-8-6-14(7-9-16)10-11-18-17(20)21-12-15-4-2-1-3-5-15/h1-5,13-14,16H,6-12H2,(H,18,20). The van der Waals surface area contributed by atoms with Crippen LogP contribution in [-0.4, -0.2) is 25.2 Å². The highest BCUT2D eigenvalue weighted by atomic mass is 16.5. The molecule has 5 nitrogen and oxygen atoms in total. The highest BCUT2D eigenvalue weighted by molar-refractivity contribution is 5.67. The summed E-state index contributed by atoms with van der Waals surface area (Å²) in [5.41, 5.74) is 0.978. The molecule has 1 aliphatic carbocycles. The molecule has 0 aromatic heterocycles. The quantitative estimate of drug-likeness (QED) is 0.786. The maximum absolute atomic E-state index is 11.6. The molecule has 1 N–H and O–H groups in total. The minimum Gasteiger partial charge on any atom is -0.465 e. The summed E-state index contributed by atoms with van der Waals surface area (Å²) in [6, 6.07) is 9.61. The van der Waals surface area contributed by atoms with Gasteiger partial charge in [-0.3, -0.25) is 4.79 Å². The zero-order valence-electron chi connectivity index (χ0n) is 12.7. The Balaban J connectivity index is 1.55. The monoisotopic (exact) mass is 305 g/mol. The molecular formula is C17H23NO4. The summed E-state index contributed by atoms with van der Waals surface area (Å²) in [5, 5.41) is 2.79. The Bertz CT molecular complexity index is 455. The number of nitrogens with one attached hydrogen (secondary N) is 1. The molecule has 0 radical (unpaired) electrons. The van der Waals surface area contributed by atoms with Crippen molar-refractivity contribution in [3.63, 3.8) is 0 Å². The van der Waals surface area contributed by atoms with Crippen molar-refractivity contribution in [3.05, 3.63) is 35.9 Å². The van der Waals surface area contributed by atoms with E-state index in [1.54, 1.807) is 0 Å². The molecule has 2 rings (SSSR count). The minimum absolute atomic E-state index is 0.0811. The van der Waals surface area contributed by atoms with Crippen molar-refractivity contribution in [1.29, 1.82) is 0 Å². The van der Waals surface area contributed by atoms with Crippen LogP contribution in [0, 0.1) is 5.92 Å². The van der Waals surface area contributed by atoms with Crippen molar-refractivity contribution in [2.75, 3.05) is 6.54 Å². The van der Waals surface area contributed by atoms with E-state index in [9.17, 15) is 9.59 Å². The Morgan fingerprint density at radius 2 is 1.91 bits per heavy atom. The normalized spacial score (nSPS) is 20.9. The molecule has 1 aromatic carbocycles. The van der Waals surface area contributed by atoms with Gasteiger partial charge in [-0.2, -0.15) is 0 Å². The molecule has 1 aromatic rings. The number of hydrogen-bond acceptors (Lipinski definition) is 4. The average molecular weight is 305 g/mol. The minimum atomic E-state index is -0.373. The van der Waals surface area contributed by atoms with E-state index in [2.05, 4.69) is 5.32 Å². The first-order valence-electron chi connectivity index (χ1n) is 7.81. The van der Waals surface area contributed by atoms with Gasteiger partial charge in [0, 0.05) is 6.54 Å². The molecule has 0 unspecified atom stereocenters. The zero-order valence-corrected chi connectivity index (χ0v) is 12.7. The fourth-order valence-electron chi connectivity index (χ4n) is 2.79. The number of alkyl carbamates (subject to hydrolysis) is 1. The molecular weight excluding hydrogens is 282 g/mol. The summed E-state index contributed by atoms with van der Waals surface area (Å²) in [6.07, 6.45) is 4.57. The van der Waals surface area contributed by atoms with Crippen LogP contribution in [0.5, 0.6) is 0 Å². The Morgan fingerprint density at radius 3 is 2.59 bits per heavy atom. The molecule has 0 saturated heterocycles. The van der Waals surface area contributed by atoms with Crippen molar-refractivity contribution >= 4 is 12.6 Å². The molecule has 0 heterocycles. The van der Waals surface area contributed by atoms with Crippen molar-refractivity contribution in [2.45, 2.75) is 44.8 Å². The molecule has 0 atom stereocenters. The molecule has 1 saturated carbocycles. The van der Waals surface area contributed by atoms with E-state index in [4.69, 9.17) is 9.47 Å². The van der Waals surface area contributed by atoms with Gasteiger partial charge in [0.05, 0.1) is 0 Å². The van der Waals surface area contributed by atoms with Gasteiger partial charge in [-0.25, -0.2) is 4.79 Å². The first-order valence-corrected chi connectivity index (χ1v) is 7.81. The summed E-state index contributed by atoms with van der Waals surface area (Å²) >= 11 is 0. The molecule has 0 aliphatic heterocycles. The van der Waals surface area contributed by atoms with Gasteiger partial charge in [0.15, 0.2) is 0 Å². The van der Waals surface area contributed by atoms with Crippen LogP contribution in [0.15, 0.2) is 30.3 Å². The second-order valence-electron chi connectivity index (χ2n) is 5.65. The van der Waals surface area contributed by atoms with Crippen molar-refractivity contribution < 1.29 is 19.1 Å². The van der Waals surface area contributed by atoms with E-state index < -0.39 is 0 Å². The van der Waals surface area contributed by atoms with E-state index in [0.29, 0.717) is 25.5 Å². The smallest absolute Gasteiger partial charge is 0.407 e. The fraction of sp³-hybridized carbons (Fsp3) is 0.529. The van der Waals surface area contributed by atoms with Gasteiger partial charge in [-0.15, -0.1) is 0 Å². The molecule has 5 heteroatoms. The average Bonchev–Trinajstić information content (AvgIpc) is 2.56. The van der Waals surface area contributed by atoms with Gasteiger partial charge in [-0.05, 0) is 43.6 Å². The van der Waals surface area contributed by atoms with Gasteiger partial charge in [-0.1, -0.05) is 30.3 Å². The van der Waals surface area contributed by atoms with E-state index in [-0.39, 0.29) is 12.2 Å². The largest absolute Gasteiger partial charge is 0.465 e. The zero-order chi connectivity index (χ0) is 15.6. The Kier molecular flexibility index (Phi) is 6.74. The van der Waals surface area contributed by atoms with Crippen molar-refractivity contribution in [3.8, 4) is 0 Å². The molecule has 0 spiro atoms. The Morgan fingerprint density at radius 1 is 1.18 bits per heavy atom. The van der Waals surface area contributed by atoms with Gasteiger partial charge in [0.25, 0.3) is 6.47 Å². The third-order valence-corrected chi connectivity index (χ3v) is 4.08.